The van der Waals surface area contributed by atoms with E-state index in [-0.39, 0.29) is 18.1 Å². The summed E-state index contributed by atoms with van der Waals surface area (Å²) in [4.78, 5) is 15.7. The molecule has 1 aliphatic heterocycles. The lowest BCUT2D eigenvalue weighted by Crippen LogP contribution is -2.50. The van der Waals surface area contributed by atoms with Gasteiger partial charge in [0, 0.05) is 26.2 Å². The highest BCUT2D eigenvalue weighted by Crippen LogP contribution is 2.33. The lowest BCUT2D eigenvalue weighted by Gasteiger charge is -2.36. The van der Waals surface area contributed by atoms with E-state index in [1.807, 2.05) is 6.07 Å². The smallest absolute Gasteiger partial charge is 0.416 e. The average Bonchev–Trinajstić information content (AvgIpc) is 2.72. The van der Waals surface area contributed by atoms with Gasteiger partial charge in [-0.1, -0.05) is 0 Å². The number of anilines is 1. The van der Waals surface area contributed by atoms with Gasteiger partial charge < -0.3 is 14.5 Å². The van der Waals surface area contributed by atoms with Crippen molar-refractivity contribution in [3.05, 3.63) is 59.4 Å². The number of carbonyl (C=O) groups excluding carboxylic acids is 1. The van der Waals surface area contributed by atoms with Crippen molar-refractivity contribution in [2.24, 2.45) is 0 Å². The van der Waals surface area contributed by atoms with E-state index >= 15 is 0 Å². The van der Waals surface area contributed by atoms with Crippen LogP contribution in [0.25, 0.3) is 0 Å². The number of benzene rings is 2. The molecule has 29 heavy (non-hydrogen) atoms. The van der Waals surface area contributed by atoms with E-state index in [4.69, 9.17) is 4.74 Å². The van der Waals surface area contributed by atoms with E-state index < -0.39 is 17.6 Å². The first-order valence-electron chi connectivity index (χ1n) is 8.80. The highest BCUT2D eigenvalue weighted by molar-refractivity contribution is 5.78. The molecule has 0 saturated carbocycles. The molecule has 0 spiro atoms. The first-order chi connectivity index (χ1) is 13.8. The van der Waals surface area contributed by atoms with Gasteiger partial charge in [-0.2, -0.15) is 18.4 Å². The van der Waals surface area contributed by atoms with Crippen molar-refractivity contribution in [2.45, 2.75) is 6.18 Å². The van der Waals surface area contributed by atoms with E-state index in [0.29, 0.717) is 37.6 Å². The number of nitriles is 1. The molecule has 0 N–H and O–H groups in total. The zero-order valence-electron chi connectivity index (χ0n) is 15.2. The summed E-state index contributed by atoms with van der Waals surface area (Å²) in [7, 11) is 0. The Morgan fingerprint density at radius 3 is 2.31 bits per heavy atom. The number of carbonyl (C=O) groups is 1. The molecular formula is C20H17F4N3O2. The second-order valence-corrected chi connectivity index (χ2v) is 6.45. The standard InChI is InChI=1S/C20H17F4N3O2/c21-16-2-4-17(5-3-16)29-13-19(28)27-9-7-26(8-10-27)18-6-1-15(20(22,23)24)11-14(18)12-25/h1-6,11H,7-10,13H2. The van der Waals surface area contributed by atoms with Gasteiger partial charge in [-0.25, -0.2) is 4.39 Å². The normalized spacial score (nSPS) is 14.4. The van der Waals surface area contributed by atoms with Gasteiger partial charge in [-0.15, -0.1) is 0 Å². The molecule has 1 aliphatic rings. The van der Waals surface area contributed by atoms with Crippen LogP contribution >= 0.6 is 0 Å². The van der Waals surface area contributed by atoms with Crippen LogP contribution in [0.1, 0.15) is 11.1 Å². The quantitative estimate of drug-likeness (QED) is 0.729. The van der Waals surface area contributed by atoms with Crippen molar-refractivity contribution in [3.8, 4) is 11.8 Å². The van der Waals surface area contributed by atoms with Crippen LogP contribution in [-0.4, -0.2) is 43.6 Å². The number of nitrogens with zero attached hydrogens (tertiary/aromatic N) is 3. The fourth-order valence-corrected chi connectivity index (χ4v) is 3.04. The molecule has 0 unspecified atom stereocenters. The molecule has 0 atom stereocenters. The molecule has 1 heterocycles. The summed E-state index contributed by atoms with van der Waals surface area (Å²) in [5.41, 5.74) is -0.515. The molecule has 1 fully saturated rings. The van der Waals surface area contributed by atoms with E-state index in [0.717, 1.165) is 12.1 Å². The van der Waals surface area contributed by atoms with Crippen LogP contribution in [0.3, 0.4) is 0 Å². The van der Waals surface area contributed by atoms with Gasteiger partial charge >= 0.3 is 6.18 Å². The number of hydrogen-bond acceptors (Lipinski definition) is 4. The second-order valence-electron chi connectivity index (χ2n) is 6.45. The predicted molar refractivity (Wildman–Crippen MR) is 96.8 cm³/mol. The van der Waals surface area contributed by atoms with Gasteiger partial charge in [0.15, 0.2) is 6.61 Å². The second kappa shape index (κ2) is 8.39. The van der Waals surface area contributed by atoms with E-state index in [1.165, 1.54) is 30.3 Å². The molecule has 1 amide bonds. The molecule has 0 aliphatic carbocycles. The summed E-state index contributed by atoms with van der Waals surface area (Å²) in [6.07, 6.45) is -4.51. The Morgan fingerprint density at radius 1 is 1.07 bits per heavy atom. The lowest BCUT2D eigenvalue weighted by atomic mass is 10.1. The molecule has 3 rings (SSSR count). The number of alkyl halides is 3. The highest BCUT2D eigenvalue weighted by atomic mass is 19.4. The van der Waals surface area contributed by atoms with Crippen LogP contribution in [0, 0.1) is 17.1 Å². The molecule has 5 nitrogen and oxygen atoms in total. The maximum absolute atomic E-state index is 12.9. The summed E-state index contributed by atoms with van der Waals surface area (Å²) in [5, 5.41) is 9.23. The third kappa shape index (κ3) is 4.96. The van der Waals surface area contributed by atoms with E-state index in [9.17, 15) is 27.6 Å². The molecule has 1 saturated heterocycles. The third-order valence-corrected chi connectivity index (χ3v) is 4.59. The lowest BCUT2D eigenvalue weighted by molar-refractivity contribution is -0.137. The Balaban J connectivity index is 1.58. The average molecular weight is 407 g/mol. The van der Waals surface area contributed by atoms with E-state index in [1.54, 1.807) is 9.80 Å². The minimum Gasteiger partial charge on any atom is -0.484 e. The molecule has 2 aromatic carbocycles. The third-order valence-electron chi connectivity index (χ3n) is 4.59. The monoisotopic (exact) mass is 407 g/mol. The van der Waals surface area contributed by atoms with Gasteiger partial charge in [0.2, 0.25) is 0 Å². The van der Waals surface area contributed by atoms with Crippen LogP contribution in [0.15, 0.2) is 42.5 Å². The Bertz CT molecular complexity index is 915. The summed E-state index contributed by atoms with van der Waals surface area (Å²) in [6.45, 7) is 1.25. The Morgan fingerprint density at radius 2 is 1.72 bits per heavy atom. The van der Waals surface area contributed by atoms with Crippen LogP contribution in [-0.2, 0) is 11.0 Å². The van der Waals surface area contributed by atoms with Gasteiger partial charge in [0.1, 0.15) is 17.6 Å². The van der Waals surface area contributed by atoms with Gasteiger partial charge in [-0.3, -0.25) is 4.79 Å². The summed E-state index contributed by atoms with van der Waals surface area (Å²) >= 11 is 0. The van der Waals surface area contributed by atoms with Crippen molar-refractivity contribution in [3.63, 3.8) is 0 Å². The molecule has 0 radical (unpaired) electrons. The zero-order valence-corrected chi connectivity index (χ0v) is 15.2. The molecule has 2 aromatic rings. The predicted octanol–water partition coefficient (Wildman–Crippen LogP) is 3.44. The van der Waals surface area contributed by atoms with Crippen molar-refractivity contribution >= 4 is 11.6 Å². The molecule has 9 heteroatoms. The number of ether oxygens (including phenoxy) is 1. The van der Waals surface area contributed by atoms with Crippen molar-refractivity contribution in [1.29, 1.82) is 5.26 Å². The Kier molecular flexibility index (Phi) is 5.92. The number of rotatable bonds is 4. The van der Waals surface area contributed by atoms with Crippen LogP contribution in [0.5, 0.6) is 5.75 Å². The number of halogens is 4. The molecular weight excluding hydrogens is 390 g/mol. The number of amides is 1. The number of hydrogen-bond donors (Lipinski definition) is 0. The first kappa shape index (κ1) is 20.5. The minimum absolute atomic E-state index is 0.0563. The Labute approximate surface area is 164 Å². The SMILES string of the molecule is N#Cc1cc(C(F)(F)F)ccc1N1CCN(C(=O)COc2ccc(F)cc2)CC1. The minimum atomic E-state index is -4.51. The van der Waals surface area contributed by atoms with Crippen molar-refractivity contribution < 1.29 is 27.1 Å². The summed E-state index contributed by atoms with van der Waals surface area (Å²) in [6, 6.07) is 10.2. The van der Waals surface area contributed by atoms with Crippen LogP contribution in [0.4, 0.5) is 23.2 Å². The van der Waals surface area contributed by atoms with Crippen molar-refractivity contribution in [2.75, 3.05) is 37.7 Å². The molecule has 152 valence electrons. The topological polar surface area (TPSA) is 56.6 Å². The molecule has 0 aromatic heterocycles. The molecule has 0 bridgehead atoms. The maximum atomic E-state index is 12.9. The summed E-state index contributed by atoms with van der Waals surface area (Å²) < 4.78 is 56.7. The van der Waals surface area contributed by atoms with Gasteiger partial charge in [-0.05, 0) is 42.5 Å². The van der Waals surface area contributed by atoms with E-state index in [2.05, 4.69) is 0 Å². The maximum Gasteiger partial charge on any atom is 0.416 e. The van der Waals surface area contributed by atoms with Crippen LogP contribution < -0.4 is 9.64 Å². The largest absolute Gasteiger partial charge is 0.484 e. The zero-order chi connectivity index (χ0) is 21.0. The fraction of sp³-hybridized carbons (Fsp3) is 0.300. The Hall–Kier alpha value is -3.28. The van der Waals surface area contributed by atoms with Gasteiger partial charge in [0.05, 0.1) is 16.8 Å². The first-order valence-corrected chi connectivity index (χ1v) is 8.80. The highest BCUT2D eigenvalue weighted by Gasteiger charge is 2.32. The summed E-state index contributed by atoms with van der Waals surface area (Å²) in [5.74, 6) is -0.275. The number of piperazine rings is 1. The van der Waals surface area contributed by atoms with Crippen LogP contribution in [0.2, 0.25) is 0 Å². The van der Waals surface area contributed by atoms with Crippen molar-refractivity contribution in [1.82, 2.24) is 4.90 Å². The van der Waals surface area contributed by atoms with Gasteiger partial charge in [0.25, 0.3) is 5.91 Å². The fourth-order valence-electron chi connectivity index (χ4n) is 3.04.